The van der Waals surface area contributed by atoms with Crippen LogP contribution in [0.15, 0.2) is 6.07 Å². The highest BCUT2D eigenvalue weighted by molar-refractivity contribution is 7.99. The van der Waals surface area contributed by atoms with E-state index in [1.165, 1.54) is 0 Å². The first-order valence-corrected chi connectivity index (χ1v) is 10.9. The maximum Gasteiger partial charge on any atom is 0.225 e. The van der Waals surface area contributed by atoms with E-state index in [0.29, 0.717) is 12.3 Å². The van der Waals surface area contributed by atoms with Gasteiger partial charge in [-0.3, -0.25) is 14.3 Å². The summed E-state index contributed by atoms with van der Waals surface area (Å²) >= 11 is 1.92. The topological polar surface area (TPSA) is 67.2 Å². The molecule has 0 spiro atoms. The molecule has 1 aliphatic carbocycles. The molecule has 0 bridgehead atoms. The molecular formula is C19H30N4O2S. The van der Waals surface area contributed by atoms with E-state index in [1.54, 1.807) is 0 Å². The number of nitrogens with zero attached hydrogens (tertiary/aromatic N) is 3. The van der Waals surface area contributed by atoms with Crippen molar-refractivity contribution in [3.8, 4) is 0 Å². The Kier molecular flexibility index (Phi) is 6.62. The zero-order valence-corrected chi connectivity index (χ0v) is 16.7. The molecule has 1 N–H and O–H groups in total. The Bertz CT molecular complexity index is 639. The molecule has 1 aromatic rings. The lowest BCUT2D eigenvalue weighted by molar-refractivity contribution is -0.135. The van der Waals surface area contributed by atoms with Crippen LogP contribution in [-0.2, 0) is 16.1 Å². The summed E-state index contributed by atoms with van der Waals surface area (Å²) in [6.45, 7) is 6.55. The summed E-state index contributed by atoms with van der Waals surface area (Å²) < 4.78 is 1.96. The van der Waals surface area contributed by atoms with Gasteiger partial charge in [0.15, 0.2) is 0 Å². The van der Waals surface area contributed by atoms with Gasteiger partial charge in [-0.25, -0.2) is 0 Å². The molecule has 2 amide bonds. The van der Waals surface area contributed by atoms with Gasteiger partial charge in [-0.15, -0.1) is 0 Å². The van der Waals surface area contributed by atoms with E-state index in [0.717, 1.165) is 68.2 Å². The van der Waals surface area contributed by atoms with Gasteiger partial charge in [0.2, 0.25) is 11.8 Å². The lowest BCUT2D eigenvalue weighted by Crippen LogP contribution is -2.41. The van der Waals surface area contributed by atoms with Crippen molar-refractivity contribution < 1.29 is 9.59 Å². The Morgan fingerprint density at radius 2 is 2.04 bits per heavy atom. The molecule has 0 radical (unpaired) electrons. The van der Waals surface area contributed by atoms with Gasteiger partial charge < -0.3 is 10.2 Å². The molecule has 3 rings (SSSR count). The fraction of sp³-hybridized carbons (Fsp3) is 0.737. The van der Waals surface area contributed by atoms with Crippen LogP contribution in [0.4, 0.5) is 0 Å². The van der Waals surface area contributed by atoms with Crippen molar-refractivity contribution in [2.45, 2.75) is 58.5 Å². The molecule has 2 fully saturated rings. The number of carbonyl (C=O) groups excluding carboxylic acids is 2. The molecule has 144 valence electrons. The monoisotopic (exact) mass is 378 g/mol. The normalized spacial score (nSPS) is 23.2. The highest BCUT2D eigenvalue weighted by Gasteiger charge is 2.33. The second-order valence-electron chi connectivity index (χ2n) is 7.47. The quantitative estimate of drug-likeness (QED) is 0.824. The standard InChI is InChI=1S/C19H30N4O2S/c1-14-12-15(2)23(21-14)7-3-4-18(24)20-17-6-5-16(13-17)19(25)22-8-10-26-11-9-22/h12,16-17H,3-11,13H2,1-2H3,(H,20,24)/t16-,17+/m0/s1. The van der Waals surface area contributed by atoms with Crippen LogP contribution in [0, 0.1) is 19.8 Å². The molecule has 2 aliphatic rings. The number of aryl methyl sites for hydroxylation is 3. The molecule has 1 aromatic heterocycles. The second-order valence-corrected chi connectivity index (χ2v) is 8.69. The van der Waals surface area contributed by atoms with Crippen molar-refractivity contribution in [1.82, 2.24) is 20.0 Å². The van der Waals surface area contributed by atoms with Gasteiger partial charge >= 0.3 is 0 Å². The largest absolute Gasteiger partial charge is 0.353 e. The van der Waals surface area contributed by atoms with E-state index in [4.69, 9.17) is 0 Å². The molecule has 2 heterocycles. The minimum Gasteiger partial charge on any atom is -0.353 e. The first-order valence-electron chi connectivity index (χ1n) is 9.70. The maximum absolute atomic E-state index is 12.6. The molecule has 1 aliphatic heterocycles. The summed E-state index contributed by atoms with van der Waals surface area (Å²) in [5.41, 5.74) is 2.15. The summed E-state index contributed by atoms with van der Waals surface area (Å²) in [7, 11) is 0. The van der Waals surface area contributed by atoms with E-state index in [1.807, 2.05) is 35.2 Å². The Balaban J connectivity index is 1.37. The molecule has 1 saturated heterocycles. The Hall–Kier alpha value is -1.50. The van der Waals surface area contributed by atoms with Crippen LogP contribution in [0.3, 0.4) is 0 Å². The number of hydrogen-bond donors (Lipinski definition) is 1. The van der Waals surface area contributed by atoms with Crippen LogP contribution in [0.1, 0.15) is 43.5 Å². The first-order chi connectivity index (χ1) is 12.5. The van der Waals surface area contributed by atoms with Gasteiger partial charge in [0.1, 0.15) is 0 Å². The van der Waals surface area contributed by atoms with Crippen LogP contribution < -0.4 is 5.32 Å². The van der Waals surface area contributed by atoms with Crippen molar-refractivity contribution in [2.75, 3.05) is 24.6 Å². The van der Waals surface area contributed by atoms with Crippen LogP contribution in [-0.4, -0.2) is 57.1 Å². The SMILES string of the molecule is Cc1cc(C)n(CCCC(=O)N[C@@H]2CC[C@H](C(=O)N3CCSCC3)C2)n1. The van der Waals surface area contributed by atoms with Crippen molar-refractivity contribution >= 4 is 23.6 Å². The van der Waals surface area contributed by atoms with Gasteiger partial charge in [-0.05, 0) is 45.6 Å². The second kappa shape index (κ2) is 8.93. The van der Waals surface area contributed by atoms with Gasteiger partial charge in [0.05, 0.1) is 5.69 Å². The smallest absolute Gasteiger partial charge is 0.225 e. The zero-order valence-electron chi connectivity index (χ0n) is 15.9. The number of rotatable bonds is 6. The Morgan fingerprint density at radius 3 is 2.73 bits per heavy atom. The molecule has 0 unspecified atom stereocenters. The van der Waals surface area contributed by atoms with Gasteiger partial charge in [0, 0.05) is 55.2 Å². The van der Waals surface area contributed by atoms with Crippen molar-refractivity contribution in [2.24, 2.45) is 5.92 Å². The average Bonchev–Trinajstić information content (AvgIpc) is 3.21. The van der Waals surface area contributed by atoms with Crippen LogP contribution in [0.2, 0.25) is 0 Å². The highest BCUT2D eigenvalue weighted by Crippen LogP contribution is 2.28. The Labute approximate surface area is 160 Å². The van der Waals surface area contributed by atoms with Gasteiger partial charge in [-0.2, -0.15) is 16.9 Å². The number of aromatic nitrogens is 2. The predicted octanol–water partition coefficient (Wildman–Crippen LogP) is 2.14. The first kappa shape index (κ1) is 19.3. The molecule has 0 aromatic carbocycles. The van der Waals surface area contributed by atoms with Gasteiger partial charge in [-0.1, -0.05) is 0 Å². The minimum absolute atomic E-state index is 0.0955. The molecule has 2 atom stereocenters. The molecule has 7 heteroatoms. The maximum atomic E-state index is 12.6. The third-order valence-electron chi connectivity index (χ3n) is 5.35. The predicted molar refractivity (Wildman–Crippen MR) is 104 cm³/mol. The number of thioether (sulfide) groups is 1. The van der Waals surface area contributed by atoms with Crippen LogP contribution in [0.5, 0.6) is 0 Å². The number of nitrogens with one attached hydrogen (secondary N) is 1. The van der Waals surface area contributed by atoms with Gasteiger partial charge in [0.25, 0.3) is 0 Å². The number of hydrogen-bond acceptors (Lipinski definition) is 4. The van der Waals surface area contributed by atoms with E-state index in [9.17, 15) is 9.59 Å². The van der Waals surface area contributed by atoms with Crippen molar-refractivity contribution in [3.63, 3.8) is 0 Å². The fourth-order valence-corrected chi connectivity index (χ4v) is 4.87. The highest BCUT2D eigenvalue weighted by atomic mass is 32.2. The zero-order chi connectivity index (χ0) is 18.5. The summed E-state index contributed by atoms with van der Waals surface area (Å²) in [5.74, 6) is 2.59. The molecule has 1 saturated carbocycles. The molecule has 26 heavy (non-hydrogen) atoms. The summed E-state index contributed by atoms with van der Waals surface area (Å²) in [6, 6.07) is 2.21. The van der Waals surface area contributed by atoms with E-state index in [2.05, 4.69) is 16.5 Å². The number of amides is 2. The summed E-state index contributed by atoms with van der Waals surface area (Å²) in [6.07, 6.45) is 3.91. The van der Waals surface area contributed by atoms with E-state index >= 15 is 0 Å². The van der Waals surface area contributed by atoms with Crippen molar-refractivity contribution in [1.29, 1.82) is 0 Å². The number of carbonyl (C=O) groups is 2. The van der Waals surface area contributed by atoms with Crippen LogP contribution in [0.25, 0.3) is 0 Å². The third kappa shape index (κ3) is 5.02. The van der Waals surface area contributed by atoms with E-state index in [-0.39, 0.29) is 17.9 Å². The third-order valence-corrected chi connectivity index (χ3v) is 6.29. The molecule has 6 nitrogen and oxygen atoms in total. The lowest BCUT2D eigenvalue weighted by Gasteiger charge is -2.29. The lowest BCUT2D eigenvalue weighted by atomic mass is 10.1. The van der Waals surface area contributed by atoms with E-state index < -0.39 is 0 Å². The average molecular weight is 379 g/mol. The fourth-order valence-electron chi connectivity index (χ4n) is 3.97. The summed E-state index contributed by atoms with van der Waals surface area (Å²) in [5, 5.41) is 7.55. The van der Waals surface area contributed by atoms with Crippen LogP contribution >= 0.6 is 11.8 Å². The summed E-state index contributed by atoms with van der Waals surface area (Å²) in [4.78, 5) is 26.8. The molecular weight excluding hydrogens is 348 g/mol. The van der Waals surface area contributed by atoms with Crippen molar-refractivity contribution in [3.05, 3.63) is 17.5 Å². The Morgan fingerprint density at radius 1 is 1.27 bits per heavy atom. The minimum atomic E-state index is 0.0955.